The molecule has 4 aromatic rings. The molecule has 0 N–H and O–H groups in total. The van der Waals surface area contributed by atoms with Gasteiger partial charge in [0.05, 0.1) is 11.4 Å². The van der Waals surface area contributed by atoms with E-state index in [0.29, 0.717) is 25.2 Å². The first-order chi connectivity index (χ1) is 13.2. The van der Waals surface area contributed by atoms with Crippen LogP contribution in [0.15, 0.2) is 55.1 Å². The molecular weight excluding hydrogens is 340 g/mol. The third kappa shape index (κ3) is 2.59. The van der Waals surface area contributed by atoms with E-state index in [-0.39, 0.29) is 5.91 Å². The van der Waals surface area contributed by atoms with Crippen LogP contribution in [-0.4, -0.2) is 41.5 Å². The van der Waals surface area contributed by atoms with Crippen molar-refractivity contribution in [1.82, 2.24) is 29.0 Å². The molecule has 0 saturated heterocycles. The molecule has 4 aromatic heterocycles. The van der Waals surface area contributed by atoms with Crippen molar-refractivity contribution in [2.24, 2.45) is 7.05 Å². The van der Waals surface area contributed by atoms with Crippen molar-refractivity contribution in [3.05, 3.63) is 72.1 Å². The summed E-state index contributed by atoms with van der Waals surface area (Å²) < 4.78 is 3.82. The molecule has 1 amide bonds. The van der Waals surface area contributed by atoms with E-state index in [9.17, 15) is 4.79 Å². The number of rotatable bonds is 4. The van der Waals surface area contributed by atoms with Gasteiger partial charge in [-0.3, -0.25) is 14.5 Å². The lowest BCUT2D eigenvalue weighted by Gasteiger charge is -2.14. The monoisotopic (exact) mass is 358 g/mol. The van der Waals surface area contributed by atoms with Crippen LogP contribution in [0.1, 0.15) is 21.7 Å². The summed E-state index contributed by atoms with van der Waals surface area (Å²) in [5, 5.41) is 4.24. The predicted octanol–water partition coefficient (Wildman–Crippen LogP) is 2.33. The largest absolute Gasteiger partial charge is 0.332 e. The summed E-state index contributed by atoms with van der Waals surface area (Å²) in [5.74, 6) is -0.0159. The van der Waals surface area contributed by atoms with Crippen LogP contribution in [-0.2, 0) is 20.0 Å². The van der Waals surface area contributed by atoms with Gasteiger partial charge in [0.15, 0.2) is 0 Å². The molecule has 0 aliphatic carbocycles. The summed E-state index contributed by atoms with van der Waals surface area (Å²) in [7, 11) is 1.90. The lowest BCUT2D eigenvalue weighted by molar-refractivity contribution is 0.0776. The van der Waals surface area contributed by atoms with Gasteiger partial charge in [-0.1, -0.05) is 6.07 Å². The Hall–Kier alpha value is -3.48. The van der Waals surface area contributed by atoms with Gasteiger partial charge in [0, 0.05) is 62.5 Å². The second kappa shape index (κ2) is 6.05. The van der Waals surface area contributed by atoms with E-state index in [1.165, 1.54) is 0 Å². The standard InChI is InChI=1S/C20H18N6O/c1-24-17(6-9-22-24)15-5-8-21-19-16(15)13-26(20(19)27)11-7-14-12-25-10-3-2-4-18(25)23-14/h2-6,8-10,12H,7,11,13H2,1H3. The van der Waals surface area contributed by atoms with Crippen molar-refractivity contribution in [2.75, 3.05) is 6.54 Å². The minimum Gasteiger partial charge on any atom is -0.332 e. The summed E-state index contributed by atoms with van der Waals surface area (Å²) in [6.45, 7) is 1.18. The van der Waals surface area contributed by atoms with E-state index < -0.39 is 0 Å². The Bertz CT molecular complexity index is 1130. The van der Waals surface area contributed by atoms with Gasteiger partial charge >= 0.3 is 0 Å². The summed E-state index contributed by atoms with van der Waals surface area (Å²) in [6.07, 6.45) is 8.17. The van der Waals surface area contributed by atoms with Crippen molar-refractivity contribution >= 4 is 11.6 Å². The number of pyridine rings is 2. The fourth-order valence-corrected chi connectivity index (χ4v) is 3.67. The molecule has 7 heteroatoms. The number of carbonyl (C=O) groups is 1. The zero-order valence-corrected chi connectivity index (χ0v) is 14.9. The van der Waals surface area contributed by atoms with Gasteiger partial charge in [0.1, 0.15) is 11.3 Å². The molecule has 0 radical (unpaired) electrons. The Morgan fingerprint density at radius 1 is 1.15 bits per heavy atom. The lowest BCUT2D eigenvalue weighted by Crippen LogP contribution is -2.26. The van der Waals surface area contributed by atoms with Gasteiger partial charge in [-0.2, -0.15) is 5.10 Å². The van der Waals surface area contributed by atoms with Crippen LogP contribution in [0.5, 0.6) is 0 Å². The second-order valence-corrected chi connectivity index (χ2v) is 6.70. The Kier molecular flexibility index (Phi) is 3.53. The quantitative estimate of drug-likeness (QED) is 0.561. The van der Waals surface area contributed by atoms with Crippen molar-refractivity contribution in [3.8, 4) is 11.3 Å². The van der Waals surface area contributed by atoms with Gasteiger partial charge in [-0.25, -0.2) is 4.98 Å². The zero-order valence-electron chi connectivity index (χ0n) is 14.9. The minimum absolute atomic E-state index is 0.0159. The Morgan fingerprint density at radius 3 is 2.89 bits per heavy atom. The molecule has 5 rings (SSSR count). The number of hydrogen-bond acceptors (Lipinski definition) is 4. The first-order valence-electron chi connectivity index (χ1n) is 8.89. The third-order valence-corrected chi connectivity index (χ3v) is 5.04. The topological polar surface area (TPSA) is 68.3 Å². The van der Waals surface area contributed by atoms with Crippen molar-refractivity contribution < 1.29 is 4.79 Å². The molecule has 0 fully saturated rings. The summed E-state index contributed by atoms with van der Waals surface area (Å²) in [5.41, 5.74) is 5.42. The normalized spacial score (nSPS) is 13.5. The molecule has 0 spiro atoms. The van der Waals surface area contributed by atoms with Crippen molar-refractivity contribution in [3.63, 3.8) is 0 Å². The summed E-state index contributed by atoms with van der Waals surface area (Å²) in [4.78, 5) is 23.6. The van der Waals surface area contributed by atoms with Crippen LogP contribution in [0.25, 0.3) is 16.9 Å². The number of aryl methyl sites for hydroxylation is 1. The fourth-order valence-electron chi connectivity index (χ4n) is 3.67. The average molecular weight is 358 g/mol. The molecule has 0 atom stereocenters. The van der Waals surface area contributed by atoms with Crippen LogP contribution in [0, 0.1) is 0 Å². The van der Waals surface area contributed by atoms with Gasteiger partial charge in [-0.15, -0.1) is 0 Å². The Morgan fingerprint density at radius 2 is 2.07 bits per heavy atom. The highest BCUT2D eigenvalue weighted by Gasteiger charge is 2.31. The molecule has 7 nitrogen and oxygen atoms in total. The van der Waals surface area contributed by atoms with E-state index in [2.05, 4.69) is 15.1 Å². The lowest BCUT2D eigenvalue weighted by atomic mass is 10.1. The maximum absolute atomic E-state index is 12.8. The minimum atomic E-state index is -0.0159. The van der Waals surface area contributed by atoms with E-state index in [0.717, 1.165) is 28.2 Å². The molecule has 0 bridgehead atoms. The number of imidazole rings is 1. The predicted molar refractivity (Wildman–Crippen MR) is 100 cm³/mol. The van der Waals surface area contributed by atoms with Crippen LogP contribution in [0.2, 0.25) is 0 Å². The van der Waals surface area contributed by atoms with Gasteiger partial charge < -0.3 is 9.30 Å². The smallest absolute Gasteiger partial charge is 0.273 e. The Labute approximate surface area is 155 Å². The molecule has 0 unspecified atom stereocenters. The van der Waals surface area contributed by atoms with Crippen LogP contribution < -0.4 is 0 Å². The van der Waals surface area contributed by atoms with Gasteiger partial charge in [-0.05, 0) is 24.3 Å². The highest BCUT2D eigenvalue weighted by molar-refractivity contribution is 5.98. The zero-order chi connectivity index (χ0) is 18.4. The van der Waals surface area contributed by atoms with Gasteiger partial charge in [0.2, 0.25) is 0 Å². The maximum atomic E-state index is 12.8. The average Bonchev–Trinajstić information content (AvgIpc) is 3.37. The summed E-state index contributed by atoms with van der Waals surface area (Å²) >= 11 is 0. The van der Waals surface area contributed by atoms with Crippen molar-refractivity contribution in [1.29, 1.82) is 0 Å². The molecule has 27 heavy (non-hydrogen) atoms. The van der Waals surface area contributed by atoms with E-state index >= 15 is 0 Å². The summed E-state index contributed by atoms with van der Waals surface area (Å²) in [6, 6.07) is 9.84. The molecule has 1 aliphatic rings. The molecule has 0 aromatic carbocycles. The first-order valence-corrected chi connectivity index (χ1v) is 8.89. The van der Waals surface area contributed by atoms with E-state index in [1.54, 1.807) is 12.4 Å². The molecule has 134 valence electrons. The number of nitrogens with zero attached hydrogens (tertiary/aromatic N) is 6. The van der Waals surface area contributed by atoms with Crippen LogP contribution >= 0.6 is 0 Å². The maximum Gasteiger partial charge on any atom is 0.273 e. The fraction of sp³-hybridized carbons (Fsp3) is 0.200. The third-order valence-electron chi connectivity index (χ3n) is 5.04. The highest BCUT2D eigenvalue weighted by Crippen LogP contribution is 2.31. The van der Waals surface area contributed by atoms with Crippen LogP contribution in [0.3, 0.4) is 0 Å². The van der Waals surface area contributed by atoms with Gasteiger partial charge in [0.25, 0.3) is 5.91 Å². The SMILES string of the molecule is Cn1nccc1-c1ccnc2c1CN(CCc1cn3ccccc3n1)C2=O. The molecule has 1 aliphatic heterocycles. The van der Waals surface area contributed by atoms with Crippen molar-refractivity contribution in [2.45, 2.75) is 13.0 Å². The van der Waals surface area contributed by atoms with Crippen LogP contribution in [0.4, 0.5) is 0 Å². The van der Waals surface area contributed by atoms with E-state index in [1.807, 2.05) is 63.8 Å². The highest BCUT2D eigenvalue weighted by atomic mass is 16.2. The molecule has 0 saturated carbocycles. The number of hydrogen-bond donors (Lipinski definition) is 0. The second-order valence-electron chi connectivity index (χ2n) is 6.70. The Balaban J connectivity index is 1.39. The number of aromatic nitrogens is 5. The molecular formula is C20H18N6O. The number of amides is 1. The number of carbonyl (C=O) groups excluding carboxylic acids is 1. The number of fused-ring (bicyclic) bond motifs is 2. The van der Waals surface area contributed by atoms with E-state index in [4.69, 9.17) is 0 Å². The first kappa shape index (κ1) is 15.7. The molecule has 5 heterocycles.